The summed E-state index contributed by atoms with van der Waals surface area (Å²) < 4.78 is 6.35. The van der Waals surface area contributed by atoms with Gasteiger partial charge in [-0.15, -0.1) is 0 Å². The fourth-order valence-corrected chi connectivity index (χ4v) is 1.94. The molecule has 0 bridgehead atoms. The van der Waals surface area contributed by atoms with E-state index in [1.165, 1.54) is 0 Å². The number of rotatable bonds is 1. The summed E-state index contributed by atoms with van der Waals surface area (Å²) >= 11 is 9.13. The van der Waals surface area contributed by atoms with Crippen molar-refractivity contribution in [1.82, 2.24) is 9.97 Å². The first kappa shape index (κ1) is 10.7. The number of hydrogen-bond donors (Lipinski definition) is 0. The van der Waals surface area contributed by atoms with E-state index in [2.05, 4.69) is 25.9 Å². The number of oxazole rings is 1. The maximum atomic E-state index is 5.83. The summed E-state index contributed by atoms with van der Waals surface area (Å²) in [6.07, 6.45) is 0. The van der Waals surface area contributed by atoms with E-state index in [0.29, 0.717) is 22.1 Å². The molecule has 0 saturated carbocycles. The average molecular weight is 310 g/mol. The van der Waals surface area contributed by atoms with Crippen LogP contribution in [0.2, 0.25) is 5.02 Å². The highest BCUT2D eigenvalue weighted by Gasteiger charge is 2.09. The van der Waals surface area contributed by atoms with Crippen molar-refractivity contribution in [2.75, 3.05) is 0 Å². The summed E-state index contributed by atoms with van der Waals surface area (Å²) in [5.74, 6) is 0.544. The molecule has 84 valence electrons. The van der Waals surface area contributed by atoms with Crippen molar-refractivity contribution < 1.29 is 4.42 Å². The Balaban J connectivity index is 2.14. The number of fused-ring (bicyclic) bond motifs is 1. The molecule has 0 saturated heterocycles. The van der Waals surface area contributed by atoms with Crippen LogP contribution in [0.4, 0.5) is 0 Å². The Morgan fingerprint density at radius 2 is 1.76 bits per heavy atom. The third-order valence-electron chi connectivity index (χ3n) is 2.31. The molecule has 0 N–H and O–H groups in total. The van der Waals surface area contributed by atoms with Gasteiger partial charge < -0.3 is 4.42 Å². The van der Waals surface area contributed by atoms with E-state index in [9.17, 15) is 0 Å². The number of nitrogens with zero attached hydrogens (tertiary/aromatic N) is 2. The van der Waals surface area contributed by atoms with E-state index >= 15 is 0 Å². The van der Waals surface area contributed by atoms with Crippen LogP contribution in [0.1, 0.15) is 0 Å². The zero-order chi connectivity index (χ0) is 11.8. The standard InChI is InChI=1S/C12H6BrClN2O/c13-10-6-5-9-11(15-10)16-12(17-9)7-1-3-8(14)4-2-7/h1-6H. The monoisotopic (exact) mass is 308 g/mol. The fourth-order valence-electron chi connectivity index (χ4n) is 1.51. The maximum Gasteiger partial charge on any atom is 0.228 e. The van der Waals surface area contributed by atoms with Gasteiger partial charge >= 0.3 is 0 Å². The minimum absolute atomic E-state index is 0.544. The van der Waals surface area contributed by atoms with Gasteiger partial charge in [-0.2, -0.15) is 4.98 Å². The molecule has 0 aliphatic carbocycles. The molecule has 0 atom stereocenters. The van der Waals surface area contributed by atoms with Gasteiger partial charge in [0, 0.05) is 10.6 Å². The number of aromatic nitrogens is 2. The molecular formula is C12H6BrClN2O. The Bertz CT molecular complexity index is 679. The number of benzene rings is 1. The molecule has 5 heteroatoms. The van der Waals surface area contributed by atoms with Gasteiger partial charge in [0.2, 0.25) is 5.89 Å². The molecule has 0 fully saturated rings. The number of pyridine rings is 1. The van der Waals surface area contributed by atoms with Crippen LogP contribution < -0.4 is 0 Å². The predicted octanol–water partition coefficient (Wildman–Crippen LogP) is 4.31. The third-order valence-corrected chi connectivity index (χ3v) is 3.00. The topological polar surface area (TPSA) is 38.9 Å². The highest BCUT2D eigenvalue weighted by Crippen LogP contribution is 2.25. The highest BCUT2D eigenvalue weighted by atomic mass is 79.9. The Morgan fingerprint density at radius 3 is 2.53 bits per heavy atom. The SMILES string of the molecule is Clc1ccc(-c2nc3nc(Br)ccc3o2)cc1. The smallest absolute Gasteiger partial charge is 0.228 e. The van der Waals surface area contributed by atoms with Gasteiger partial charge in [-0.1, -0.05) is 11.6 Å². The lowest BCUT2D eigenvalue weighted by Gasteiger charge is -1.93. The van der Waals surface area contributed by atoms with Gasteiger partial charge in [0.15, 0.2) is 11.2 Å². The van der Waals surface area contributed by atoms with Crippen LogP contribution in [-0.2, 0) is 0 Å². The Labute approximate surface area is 111 Å². The Morgan fingerprint density at radius 1 is 1.00 bits per heavy atom. The van der Waals surface area contributed by atoms with Crippen molar-refractivity contribution in [3.63, 3.8) is 0 Å². The average Bonchev–Trinajstić information content (AvgIpc) is 2.72. The molecular weight excluding hydrogens is 304 g/mol. The maximum absolute atomic E-state index is 5.83. The first-order chi connectivity index (χ1) is 8.22. The van der Waals surface area contributed by atoms with Crippen molar-refractivity contribution in [3.8, 4) is 11.5 Å². The fraction of sp³-hybridized carbons (Fsp3) is 0. The van der Waals surface area contributed by atoms with E-state index < -0.39 is 0 Å². The molecule has 17 heavy (non-hydrogen) atoms. The zero-order valence-corrected chi connectivity index (χ0v) is 10.9. The molecule has 1 aromatic carbocycles. The van der Waals surface area contributed by atoms with Crippen molar-refractivity contribution in [1.29, 1.82) is 0 Å². The quantitative estimate of drug-likeness (QED) is 0.629. The molecule has 0 aliphatic rings. The van der Waals surface area contributed by atoms with E-state index in [1.54, 1.807) is 12.1 Å². The summed E-state index contributed by atoms with van der Waals surface area (Å²) in [5, 5.41) is 0.686. The van der Waals surface area contributed by atoms with Crippen LogP contribution in [0.3, 0.4) is 0 Å². The Hall–Kier alpha value is -1.39. The second-order valence-corrected chi connectivity index (χ2v) is 4.73. The van der Waals surface area contributed by atoms with E-state index in [-0.39, 0.29) is 0 Å². The zero-order valence-electron chi connectivity index (χ0n) is 8.52. The van der Waals surface area contributed by atoms with Crippen LogP contribution in [0.15, 0.2) is 45.4 Å². The van der Waals surface area contributed by atoms with Crippen LogP contribution >= 0.6 is 27.5 Å². The number of halogens is 2. The third kappa shape index (κ3) is 2.06. The highest BCUT2D eigenvalue weighted by molar-refractivity contribution is 9.10. The van der Waals surface area contributed by atoms with E-state index in [4.69, 9.17) is 16.0 Å². The molecule has 0 spiro atoms. The first-order valence-corrected chi connectivity index (χ1v) is 6.08. The lowest BCUT2D eigenvalue weighted by Crippen LogP contribution is -1.78. The minimum atomic E-state index is 0.544. The summed E-state index contributed by atoms with van der Waals surface area (Å²) in [5.41, 5.74) is 2.13. The Kier molecular flexibility index (Phi) is 2.61. The summed E-state index contributed by atoms with van der Waals surface area (Å²) in [4.78, 5) is 8.55. The predicted molar refractivity (Wildman–Crippen MR) is 70.0 cm³/mol. The van der Waals surface area contributed by atoms with Crippen molar-refractivity contribution in [2.45, 2.75) is 0 Å². The minimum Gasteiger partial charge on any atom is -0.434 e. The summed E-state index contributed by atoms with van der Waals surface area (Å²) in [6, 6.07) is 11.0. The van der Waals surface area contributed by atoms with Gasteiger partial charge in [0.1, 0.15) is 4.60 Å². The molecule has 0 radical (unpaired) electrons. The van der Waals surface area contributed by atoms with Crippen molar-refractivity contribution >= 4 is 38.8 Å². The van der Waals surface area contributed by atoms with Crippen molar-refractivity contribution in [3.05, 3.63) is 46.0 Å². The second kappa shape index (κ2) is 4.13. The summed E-state index contributed by atoms with van der Waals surface area (Å²) in [6.45, 7) is 0. The molecule has 2 aromatic heterocycles. The summed E-state index contributed by atoms with van der Waals surface area (Å²) in [7, 11) is 0. The largest absolute Gasteiger partial charge is 0.434 e. The van der Waals surface area contributed by atoms with E-state index in [0.717, 1.165) is 10.2 Å². The van der Waals surface area contributed by atoms with Crippen LogP contribution in [-0.4, -0.2) is 9.97 Å². The van der Waals surface area contributed by atoms with Gasteiger partial charge in [-0.05, 0) is 52.3 Å². The molecule has 2 heterocycles. The van der Waals surface area contributed by atoms with Crippen LogP contribution in [0, 0.1) is 0 Å². The van der Waals surface area contributed by atoms with Crippen LogP contribution in [0.5, 0.6) is 0 Å². The first-order valence-electron chi connectivity index (χ1n) is 4.91. The van der Waals surface area contributed by atoms with Gasteiger partial charge in [-0.3, -0.25) is 0 Å². The molecule has 0 unspecified atom stereocenters. The second-order valence-electron chi connectivity index (χ2n) is 3.48. The van der Waals surface area contributed by atoms with Crippen LogP contribution in [0.25, 0.3) is 22.7 Å². The van der Waals surface area contributed by atoms with E-state index in [1.807, 2.05) is 24.3 Å². The molecule has 3 nitrogen and oxygen atoms in total. The van der Waals surface area contributed by atoms with Gasteiger partial charge in [-0.25, -0.2) is 4.98 Å². The lowest BCUT2D eigenvalue weighted by molar-refractivity contribution is 0.619. The van der Waals surface area contributed by atoms with Gasteiger partial charge in [0.25, 0.3) is 0 Å². The lowest BCUT2D eigenvalue weighted by atomic mass is 10.2. The van der Waals surface area contributed by atoms with Gasteiger partial charge in [0.05, 0.1) is 0 Å². The normalized spacial score (nSPS) is 10.9. The molecule has 3 aromatic rings. The van der Waals surface area contributed by atoms with Crippen molar-refractivity contribution in [2.24, 2.45) is 0 Å². The molecule has 0 amide bonds. The number of hydrogen-bond acceptors (Lipinski definition) is 3. The molecule has 3 rings (SSSR count). The molecule has 0 aliphatic heterocycles.